The highest BCUT2D eigenvalue weighted by Crippen LogP contribution is 2.07. The summed E-state index contributed by atoms with van der Waals surface area (Å²) in [7, 11) is 0. The van der Waals surface area contributed by atoms with E-state index in [-0.39, 0.29) is 12.3 Å². The quantitative estimate of drug-likeness (QED) is 0.716. The fraction of sp³-hybridized carbons (Fsp3) is 0.900. The van der Waals surface area contributed by atoms with Crippen LogP contribution in [-0.2, 0) is 9.47 Å². The molecule has 0 radical (unpaired) electrons. The van der Waals surface area contributed by atoms with Gasteiger partial charge in [-0.3, -0.25) is 0 Å². The Morgan fingerprint density at radius 2 is 1.93 bits per heavy atom. The lowest BCUT2D eigenvalue weighted by Crippen LogP contribution is -2.38. The second kappa shape index (κ2) is 7.48. The van der Waals surface area contributed by atoms with Crippen LogP contribution in [0.3, 0.4) is 0 Å². The van der Waals surface area contributed by atoms with Crippen LogP contribution < -0.4 is 10.6 Å². The van der Waals surface area contributed by atoms with Gasteiger partial charge in [-0.1, -0.05) is 6.92 Å². The van der Waals surface area contributed by atoms with Crippen LogP contribution in [0.5, 0.6) is 0 Å². The summed E-state index contributed by atoms with van der Waals surface area (Å²) < 4.78 is 10.7. The Hall–Kier alpha value is -0.810. The molecule has 1 fully saturated rings. The fourth-order valence-corrected chi connectivity index (χ4v) is 1.31. The van der Waals surface area contributed by atoms with Gasteiger partial charge in [-0.25, -0.2) is 4.79 Å². The standard InChI is InChI=1S/C10H20N2O3/c1-2-5-11-10(13)12-6-4-9-14-7-3-8-15-9/h9H,2-8H2,1H3,(H2,11,12,13). The van der Waals surface area contributed by atoms with Crippen LogP contribution in [0.4, 0.5) is 4.79 Å². The number of hydrogen-bond donors (Lipinski definition) is 2. The first-order valence-electron chi connectivity index (χ1n) is 5.58. The Balaban J connectivity index is 1.97. The van der Waals surface area contributed by atoms with Crippen LogP contribution in [0.2, 0.25) is 0 Å². The molecule has 2 amide bonds. The maximum atomic E-state index is 11.1. The van der Waals surface area contributed by atoms with Crippen molar-refractivity contribution in [2.75, 3.05) is 26.3 Å². The third-order valence-electron chi connectivity index (χ3n) is 2.10. The summed E-state index contributed by atoms with van der Waals surface area (Å²) in [4.78, 5) is 11.1. The van der Waals surface area contributed by atoms with Crippen LogP contribution in [0.1, 0.15) is 26.2 Å². The number of urea groups is 1. The lowest BCUT2D eigenvalue weighted by Gasteiger charge is -2.23. The van der Waals surface area contributed by atoms with E-state index in [0.29, 0.717) is 19.5 Å². The molecule has 88 valence electrons. The van der Waals surface area contributed by atoms with Crippen molar-refractivity contribution < 1.29 is 14.3 Å². The second-order valence-electron chi connectivity index (χ2n) is 3.50. The van der Waals surface area contributed by atoms with Crippen LogP contribution >= 0.6 is 0 Å². The third-order valence-corrected chi connectivity index (χ3v) is 2.10. The minimum absolute atomic E-state index is 0.118. The molecule has 0 aliphatic carbocycles. The summed E-state index contributed by atoms with van der Waals surface area (Å²) in [5.41, 5.74) is 0. The van der Waals surface area contributed by atoms with Crippen molar-refractivity contribution in [3.05, 3.63) is 0 Å². The van der Waals surface area contributed by atoms with Gasteiger partial charge in [-0.15, -0.1) is 0 Å². The number of amides is 2. The molecule has 0 aromatic carbocycles. The summed E-state index contributed by atoms with van der Waals surface area (Å²) >= 11 is 0. The molecule has 0 bridgehead atoms. The van der Waals surface area contributed by atoms with E-state index in [2.05, 4.69) is 10.6 Å². The van der Waals surface area contributed by atoms with E-state index >= 15 is 0 Å². The zero-order chi connectivity index (χ0) is 10.9. The van der Waals surface area contributed by atoms with E-state index in [0.717, 1.165) is 26.1 Å². The van der Waals surface area contributed by atoms with Crippen LogP contribution in [0.25, 0.3) is 0 Å². The molecular weight excluding hydrogens is 196 g/mol. The Bertz CT molecular complexity index is 182. The molecule has 15 heavy (non-hydrogen) atoms. The predicted molar refractivity (Wildman–Crippen MR) is 56.6 cm³/mol. The molecule has 0 aromatic rings. The van der Waals surface area contributed by atoms with Gasteiger partial charge in [0.1, 0.15) is 0 Å². The van der Waals surface area contributed by atoms with Gasteiger partial charge in [0.05, 0.1) is 13.2 Å². The molecule has 1 aliphatic heterocycles. The van der Waals surface area contributed by atoms with E-state index in [1.165, 1.54) is 0 Å². The van der Waals surface area contributed by atoms with Gasteiger partial charge < -0.3 is 20.1 Å². The van der Waals surface area contributed by atoms with Gasteiger partial charge in [-0.05, 0) is 12.8 Å². The lowest BCUT2D eigenvalue weighted by atomic mass is 10.3. The first-order valence-corrected chi connectivity index (χ1v) is 5.58. The third kappa shape index (κ3) is 5.59. The van der Waals surface area contributed by atoms with Crippen molar-refractivity contribution in [2.45, 2.75) is 32.5 Å². The molecule has 0 spiro atoms. The monoisotopic (exact) mass is 216 g/mol. The smallest absolute Gasteiger partial charge is 0.314 e. The molecule has 1 heterocycles. The molecule has 0 aromatic heterocycles. The normalized spacial score (nSPS) is 17.4. The topological polar surface area (TPSA) is 59.6 Å². The average molecular weight is 216 g/mol. The highest BCUT2D eigenvalue weighted by atomic mass is 16.7. The highest BCUT2D eigenvalue weighted by molar-refractivity contribution is 5.73. The lowest BCUT2D eigenvalue weighted by molar-refractivity contribution is -0.180. The zero-order valence-electron chi connectivity index (χ0n) is 9.25. The van der Waals surface area contributed by atoms with Crippen LogP contribution in [0, 0.1) is 0 Å². The Morgan fingerprint density at radius 1 is 1.27 bits per heavy atom. The number of carbonyl (C=O) groups is 1. The molecule has 1 aliphatic rings. The number of hydrogen-bond acceptors (Lipinski definition) is 3. The van der Waals surface area contributed by atoms with Crippen molar-refractivity contribution in [3.63, 3.8) is 0 Å². The first kappa shape index (κ1) is 12.3. The largest absolute Gasteiger partial charge is 0.353 e. The highest BCUT2D eigenvalue weighted by Gasteiger charge is 2.13. The molecule has 5 nitrogen and oxygen atoms in total. The predicted octanol–water partition coefficient (Wildman–Crippen LogP) is 0.849. The number of carbonyl (C=O) groups excluding carboxylic acids is 1. The number of nitrogens with one attached hydrogen (secondary N) is 2. The van der Waals surface area contributed by atoms with Crippen molar-refractivity contribution >= 4 is 6.03 Å². The summed E-state index contributed by atoms with van der Waals surface area (Å²) in [6.07, 6.45) is 2.47. The van der Waals surface area contributed by atoms with E-state index < -0.39 is 0 Å². The summed E-state index contributed by atoms with van der Waals surface area (Å²) in [5.74, 6) is 0. The van der Waals surface area contributed by atoms with Crippen molar-refractivity contribution in [1.29, 1.82) is 0 Å². The molecule has 0 unspecified atom stereocenters. The molecule has 1 saturated heterocycles. The van der Waals surface area contributed by atoms with Gasteiger partial charge in [0, 0.05) is 19.5 Å². The summed E-state index contributed by atoms with van der Waals surface area (Å²) in [5, 5.41) is 5.49. The van der Waals surface area contributed by atoms with Gasteiger partial charge in [0.25, 0.3) is 0 Å². The Kier molecular flexibility index (Phi) is 6.11. The minimum atomic E-state index is -0.148. The van der Waals surface area contributed by atoms with Crippen LogP contribution in [0.15, 0.2) is 0 Å². The second-order valence-corrected chi connectivity index (χ2v) is 3.50. The first-order chi connectivity index (χ1) is 7.33. The molecule has 2 N–H and O–H groups in total. The minimum Gasteiger partial charge on any atom is -0.353 e. The Labute approximate surface area is 90.5 Å². The summed E-state index contributed by atoms with van der Waals surface area (Å²) in [6.45, 7) is 4.83. The molecule has 0 atom stereocenters. The van der Waals surface area contributed by atoms with Crippen molar-refractivity contribution in [3.8, 4) is 0 Å². The SMILES string of the molecule is CCCNC(=O)NCCC1OCCCO1. The van der Waals surface area contributed by atoms with E-state index in [1.54, 1.807) is 0 Å². The zero-order valence-corrected chi connectivity index (χ0v) is 9.25. The molecule has 5 heteroatoms. The van der Waals surface area contributed by atoms with Crippen molar-refractivity contribution in [1.82, 2.24) is 10.6 Å². The van der Waals surface area contributed by atoms with Crippen LogP contribution in [-0.4, -0.2) is 38.6 Å². The molecular formula is C10H20N2O3. The Morgan fingerprint density at radius 3 is 2.60 bits per heavy atom. The molecule has 1 rings (SSSR count). The van der Waals surface area contributed by atoms with Crippen molar-refractivity contribution in [2.24, 2.45) is 0 Å². The average Bonchev–Trinajstić information content (AvgIpc) is 2.28. The molecule has 0 saturated carbocycles. The van der Waals surface area contributed by atoms with Gasteiger partial charge in [0.15, 0.2) is 6.29 Å². The number of rotatable bonds is 5. The maximum Gasteiger partial charge on any atom is 0.314 e. The maximum absolute atomic E-state index is 11.1. The van der Waals surface area contributed by atoms with Gasteiger partial charge in [-0.2, -0.15) is 0 Å². The van der Waals surface area contributed by atoms with Gasteiger partial charge in [0.2, 0.25) is 0 Å². The van der Waals surface area contributed by atoms with E-state index in [1.807, 2.05) is 6.92 Å². The fourth-order valence-electron chi connectivity index (χ4n) is 1.31. The van der Waals surface area contributed by atoms with E-state index in [4.69, 9.17) is 9.47 Å². The van der Waals surface area contributed by atoms with Gasteiger partial charge >= 0.3 is 6.03 Å². The van der Waals surface area contributed by atoms with E-state index in [9.17, 15) is 4.79 Å². The number of ether oxygens (including phenoxy) is 2. The summed E-state index contributed by atoms with van der Waals surface area (Å²) in [6, 6.07) is -0.118.